The van der Waals surface area contributed by atoms with Crippen LogP contribution < -0.4 is 0 Å². The second-order valence-electron chi connectivity index (χ2n) is 16.1. The summed E-state index contributed by atoms with van der Waals surface area (Å²) in [4.78, 5) is 0. The van der Waals surface area contributed by atoms with E-state index in [1.54, 1.807) is 116 Å². The van der Waals surface area contributed by atoms with E-state index in [1.807, 2.05) is 0 Å². The Morgan fingerprint density at radius 1 is 0.250 bits per heavy atom. The molecule has 0 aliphatic carbocycles. The molecule has 0 unspecified atom stereocenters. The predicted octanol–water partition coefficient (Wildman–Crippen LogP) is 16.3. The molecule has 5 heteroatoms. The highest BCUT2D eigenvalue weighted by Gasteiger charge is 2.38. The van der Waals surface area contributed by atoms with Crippen LogP contribution in [0.5, 0.6) is 0 Å². The van der Waals surface area contributed by atoms with Crippen LogP contribution in [0, 0.1) is 0 Å². The van der Waals surface area contributed by atoms with E-state index >= 15 is 0 Å². The minimum atomic E-state index is -1.34. The summed E-state index contributed by atoms with van der Waals surface area (Å²) in [5.41, 5.74) is 0. The lowest BCUT2D eigenvalue weighted by Gasteiger charge is -2.38. The van der Waals surface area contributed by atoms with Crippen molar-refractivity contribution in [1.29, 1.82) is 0 Å². The van der Waals surface area contributed by atoms with E-state index in [0.717, 1.165) is 5.88 Å². The first-order chi connectivity index (χ1) is 21.2. The molecule has 0 fully saturated rings. The summed E-state index contributed by atoms with van der Waals surface area (Å²) in [5, 5.41) is 0. The Bertz CT molecular complexity index is 510. The number of alkyl halides is 1. The smallest absolute Gasteiger partial charge is 0.0535 e. The van der Waals surface area contributed by atoms with Crippen molar-refractivity contribution in [2.45, 2.75) is 242 Å². The summed E-state index contributed by atoms with van der Waals surface area (Å²) in [6, 6.07) is 25.9. The van der Waals surface area contributed by atoms with Gasteiger partial charge in [-0.3, -0.25) is 0 Å². The molecule has 0 spiro atoms. The van der Waals surface area contributed by atoms with Gasteiger partial charge in [-0.25, -0.2) is 0 Å². The zero-order chi connectivity index (χ0) is 33.2. The molecule has 0 aliphatic rings. The second kappa shape index (κ2) is 27.0. The van der Waals surface area contributed by atoms with E-state index in [4.69, 9.17) is 11.6 Å². The van der Waals surface area contributed by atoms with E-state index < -0.39 is 32.3 Å². The van der Waals surface area contributed by atoms with Crippen molar-refractivity contribution in [2.75, 3.05) is 5.88 Å². The Balaban J connectivity index is 6.20. The molecule has 0 saturated heterocycles. The van der Waals surface area contributed by atoms with Crippen molar-refractivity contribution in [3.8, 4) is 0 Å². The minimum absolute atomic E-state index is 0.898. The molecule has 0 bridgehead atoms. The van der Waals surface area contributed by atoms with E-state index in [1.165, 1.54) is 64.2 Å². The largest absolute Gasteiger partial charge is 0.127 e. The Morgan fingerprint density at radius 2 is 0.409 bits per heavy atom. The molecule has 0 atom stereocenters. The van der Waals surface area contributed by atoms with Gasteiger partial charge in [-0.1, -0.05) is 236 Å². The molecule has 44 heavy (non-hydrogen) atoms. The fourth-order valence-electron chi connectivity index (χ4n) is 10.7. The molecule has 0 aromatic rings. The topological polar surface area (TPSA) is 0 Å². The molecule has 0 amide bonds. The average Bonchev–Trinajstić information content (AvgIpc) is 2.97. The molecule has 266 valence electrons. The van der Waals surface area contributed by atoms with Crippen LogP contribution in [0.3, 0.4) is 0 Å². The summed E-state index contributed by atoms with van der Waals surface area (Å²) in [6.07, 6.45) is 18.9. The zero-order valence-corrected chi connectivity index (χ0v) is 37.3. The van der Waals surface area contributed by atoms with Gasteiger partial charge in [-0.05, 0) is 6.42 Å². The van der Waals surface area contributed by atoms with E-state index in [-0.39, 0.29) is 0 Å². The van der Waals surface area contributed by atoms with Crippen LogP contribution in [0.4, 0.5) is 0 Å². The second-order valence-corrected chi connectivity index (χ2v) is 36.5. The fraction of sp³-hybridized carbons (Fsp3) is 1.00. The first-order valence-electron chi connectivity index (χ1n) is 20.8. The van der Waals surface area contributed by atoms with Crippen molar-refractivity contribution < 1.29 is 0 Å². The maximum Gasteiger partial charge on any atom is 0.0535 e. The van der Waals surface area contributed by atoms with Crippen LogP contribution in [0.25, 0.3) is 0 Å². The fourth-order valence-corrected chi connectivity index (χ4v) is 34.2. The van der Waals surface area contributed by atoms with Crippen molar-refractivity contribution in [1.82, 2.24) is 0 Å². The molecule has 0 radical (unpaired) electrons. The Kier molecular flexibility index (Phi) is 27.7. The molecule has 0 heterocycles. The van der Waals surface area contributed by atoms with Gasteiger partial charge in [0.15, 0.2) is 0 Å². The van der Waals surface area contributed by atoms with E-state index in [9.17, 15) is 0 Å². The Morgan fingerprint density at radius 3 is 0.568 bits per heavy atom. The van der Waals surface area contributed by atoms with Gasteiger partial charge in [-0.2, -0.15) is 0 Å². The summed E-state index contributed by atoms with van der Waals surface area (Å²) >= 11 is 6.54. The van der Waals surface area contributed by atoms with Crippen LogP contribution in [0.2, 0.25) is 96.7 Å². The quantitative estimate of drug-likeness (QED) is 0.0471. The molecule has 0 aromatic heterocycles. The predicted molar refractivity (Wildman–Crippen MR) is 222 cm³/mol. The monoisotopic (exact) mass is 703 g/mol. The lowest BCUT2D eigenvalue weighted by Crippen LogP contribution is -2.39. The highest BCUT2D eigenvalue weighted by atomic mass is 35.5. The van der Waals surface area contributed by atoms with E-state index in [2.05, 4.69) is 62.3 Å². The SMILES string of the molecule is CCC[Si](CCC)(CCC)CCC[Si](CCCCl)(CCC[Si](CCC)(CCC)CCC)CCC[Si](CCC)(CCC)CCC. The first kappa shape index (κ1) is 45.2. The maximum absolute atomic E-state index is 6.54. The zero-order valence-electron chi connectivity index (χ0n) is 32.6. The van der Waals surface area contributed by atoms with Gasteiger partial charge in [-0.15, -0.1) is 11.6 Å². The van der Waals surface area contributed by atoms with Crippen molar-refractivity contribution in [2.24, 2.45) is 0 Å². The number of hydrogen-bond donors (Lipinski definition) is 0. The van der Waals surface area contributed by atoms with E-state index in [0.29, 0.717) is 0 Å². The number of halogens is 1. The van der Waals surface area contributed by atoms with Crippen LogP contribution >= 0.6 is 11.6 Å². The van der Waals surface area contributed by atoms with Gasteiger partial charge in [0.1, 0.15) is 0 Å². The normalized spacial score (nSPS) is 13.2. The molecule has 0 rings (SSSR count). The van der Waals surface area contributed by atoms with Crippen LogP contribution in [0.15, 0.2) is 0 Å². The van der Waals surface area contributed by atoms with Crippen molar-refractivity contribution in [3.05, 3.63) is 0 Å². The van der Waals surface area contributed by atoms with Gasteiger partial charge in [0.05, 0.1) is 32.3 Å². The minimum Gasteiger partial charge on any atom is -0.127 e. The molecular weight excluding hydrogens is 616 g/mol. The van der Waals surface area contributed by atoms with Crippen molar-refractivity contribution >= 4 is 43.9 Å². The van der Waals surface area contributed by atoms with Gasteiger partial charge in [0.25, 0.3) is 0 Å². The van der Waals surface area contributed by atoms with Crippen LogP contribution in [-0.4, -0.2) is 38.2 Å². The first-order valence-corrected chi connectivity index (χ1v) is 32.6. The Hall–Kier alpha value is 1.16. The van der Waals surface area contributed by atoms with Gasteiger partial charge < -0.3 is 0 Å². The molecular formula is C39H87ClSi4. The highest BCUT2D eigenvalue weighted by molar-refractivity contribution is 6.83. The van der Waals surface area contributed by atoms with Gasteiger partial charge in [0, 0.05) is 5.88 Å². The van der Waals surface area contributed by atoms with Crippen molar-refractivity contribution in [3.63, 3.8) is 0 Å². The maximum atomic E-state index is 6.54. The third-order valence-electron chi connectivity index (χ3n) is 12.1. The lowest BCUT2D eigenvalue weighted by molar-refractivity contribution is 0.825. The standard InChI is InChI=1S/C39H87ClSi4/c1-10-24-41(25-11-2,26-12-3)34-20-37-44(33-19-23-40,38-21-35-42(27-13-4,28-14-5)29-15-6)39-22-36-43(30-16-7,31-17-8)32-18-9/h10-39H2,1-9H3. The van der Waals surface area contributed by atoms with Crippen LogP contribution in [-0.2, 0) is 0 Å². The van der Waals surface area contributed by atoms with Crippen LogP contribution in [0.1, 0.15) is 146 Å². The summed E-state index contributed by atoms with van der Waals surface area (Å²) < 4.78 is 0. The Labute approximate surface area is 290 Å². The number of rotatable bonds is 33. The molecule has 0 aromatic carbocycles. The third-order valence-corrected chi connectivity index (χ3v) is 36.3. The summed E-state index contributed by atoms with van der Waals surface area (Å²) in [5.74, 6) is 0.898. The number of hydrogen-bond acceptors (Lipinski definition) is 0. The highest BCUT2D eigenvalue weighted by Crippen LogP contribution is 2.41. The molecule has 0 N–H and O–H groups in total. The van der Waals surface area contributed by atoms with Gasteiger partial charge in [0.2, 0.25) is 0 Å². The van der Waals surface area contributed by atoms with Gasteiger partial charge >= 0.3 is 0 Å². The summed E-state index contributed by atoms with van der Waals surface area (Å²) in [6.45, 7) is 22.3. The lowest BCUT2D eigenvalue weighted by atomic mass is 10.5. The molecule has 0 aliphatic heterocycles. The summed E-state index contributed by atoms with van der Waals surface area (Å²) in [7, 11) is -4.65. The average molecular weight is 704 g/mol. The molecule has 0 nitrogen and oxygen atoms in total. The third kappa shape index (κ3) is 17.5. The molecule has 0 saturated carbocycles.